The molecule has 2 aromatic carbocycles. The first-order valence-corrected chi connectivity index (χ1v) is 8.17. The Morgan fingerprint density at radius 1 is 1.10 bits per heavy atom. The van der Waals surface area contributed by atoms with Crippen molar-refractivity contribution < 1.29 is 8.42 Å². The van der Waals surface area contributed by atoms with Crippen LogP contribution in [-0.4, -0.2) is 23.6 Å². The van der Waals surface area contributed by atoms with Crippen LogP contribution in [-0.2, 0) is 15.5 Å². The number of nitrogens with zero attached hydrogens (tertiary/aromatic N) is 2. The van der Waals surface area contributed by atoms with Gasteiger partial charge in [0.1, 0.15) is 5.82 Å². The van der Waals surface area contributed by atoms with Crippen molar-refractivity contribution in [2.75, 3.05) is 0 Å². The molecule has 0 saturated carbocycles. The lowest BCUT2D eigenvalue weighted by Gasteiger charge is -2.04. The van der Waals surface area contributed by atoms with Gasteiger partial charge in [0.15, 0.2) is 0 Å². The molecule has 0 unspecified atom stereocenters. The normalized spacial score (nSPS) is 11.8. The molecule has 1 N–H and O–H groups in total. The fraction of sp³-hybridized carbons (Fsp3) is 0.0769. The Kier molecular flexibility index (Phi) is 3.19. The first-order chi connectivity index (χ1) is 9.54. The zero-order valence-electron chi connectivity index (χ0n) is 10.2. The first-order valence-electron chi connectivity index (χ1n) is 5.86. The van der Waals surface area contributed by atoms with Crippen LogP contribution in [0.15, 0.2) is 47.6 Å². The van der Waals surface area contributed by atoms with E-state index in [2.05, 4.69) is 15.2 Å². The van der Waals surface area contributed by atoms with Gasteiger partial charge in [-0.15, -0.1) is 5.10 Å². The topological polar surface area (TPSA) is 75.7 Å². The molecule has 0 aliphatic rings. The molecule has 3 aromatic rings. The van der Waals surface area contributed by atoms with Gasteiger partial charge < -0.3 is 0 Å². The monoisotopic (exact) mass is 307 g/mol. The molecular formula is C13H10ClN3O2S. The van der Waals surface area contributed by atoms with Gasteiger partial charge in [-0.1, -0.05) is 42.5 Å². The number of H-pyrrole nitrogens is 1. The Hall–Kier alpha value is -1.92. The third kappa shape index (κ3) is 2.52. The zero-order valence-corrected chi connectivity index (χ0v) is 11.8. The highest BCUT2D eigenvalue weighted by Crippen LogP contribution is 2.20. The maximum atomic E-state index is 11.1. The number of nitrogens with one attached hydrogen (secondary N) is 1. The molecule has 5 nitrogen and oxygen atoms in total. The predicted molar refractivity (Wildman–Crippen MR) is 76.2 cm³/mol. The van der Waals surface area contributed by atoms with Crippen molar-refractivity contribution in [2.24, 2.45) is 0 Å². The van der Waals surface area contributed by atoms with Gasteiger partial charge in [-0.25, -0.2) is 13.4 Å². The molecular weight excluding hydrogens is 298 g/mol. The summed E-state index contributed by atoms with van der Waals surface area (Å²) in [6.07, 6.45) is 0.459. The van der Waals surface area contributed by atoms with Crippen LogP contribution < -0.4 is 0 Å². The molecule has 0 spiro atoms. The summed E-state index contributed by atoms with van der Waals surface area (Å²) in [5, 5.41) is 8.03. The largest absolute Gasteiger partial charge is 0.298 e. The summed E-state index contributed by atoms with van der Waals surface area (Å²) >= 11 is 0. The SMILES string of the molecule is O=S(=O)(Cl)c1n[nH]c(Cc2cccc3ccccc23)n1. The van der Waals surface area contributed by atoms with E-state index in [4.69, 9.17) is 10.7 Å². The van der Waals surface area contributed by atoms with Gasteiger partial charge in [0.25, 0.3) is 14.2 Å². The molecule has 0 atom stereocenters. The highest BCUT2D eigenvalue weighted by molar-refractivity contribution is 8.13. The number of fused-ring (bicyclic) bond motifs is 1. The Morgan fingerprint density at radius 3 is 2.60 bits per heavy atom. The number of benzene rings is 2. The van der Waals surface area contributed by atoms with Crippen LogP contribution in [0.2, 0.25) is 0 Å². The van der Waals surface area contributed by atoms with E-state index in [1.165, 1.54) is 0 Å². The van der Waals surface area contributed by atoms with E-state index in [0.717, 1.165) is 16.3 Å². The van der Waals surface area contributed by atoms with Gasteiger partial charge in [-0.05, 0) is 16.3 Å². The average Bonchev–Trinajstić information content (AvgIpc) is 2.88. The van der Waals surface area contributed by atoms with Crippen LogP contribution in [0.4, 0.5) is 0 Å². The number of aromatic amines is 1. The lowest BCUT2D eigenvalue weighted by atomic mass is 10.0. The summed E-state index contributed by atoms with van der Waals surface area (Å²) < 4.78 is 22.3. The van der Waals surface area contributed by atoms with E-state index in [0.29, 0.717) is 12.2 Å². The molecule has 0 aliphatic carbocycles. The molecule has 0 amide bonds. The summed E-state index contributed by atoms with van der Waals surface area (Å²) in [7, 11) is 1.30. The Labute approximate surface area is 120 Å². The summed E-state index contributed by atoms with van der Waals surface area (Å²) in [4.78, 5) is 3.90. The van der Waals surface area contributed by atoms with Crippen LogP contribution in [0.25, 0.3) is 10.8 Å². The third-order valence-corrected chi connectivity index (χ3v) is 4.00. The van der Waals surface area contributed by atoms with Gasteiger partial charge in [-0.2, -0.15) is 0 Å². The van der Waals surface area contributed by atoms with Crippen LogP contribution >= 0.6 is 10.7 Å². The van der Waals surface area contributed by atoms with Crippen molar-refractivity contribution in [1.82, 2.24) is 15.2 Å². The van der Waals surface area contributed by atoms with Gasteiger partial charge in [0.05, 0.1) is 0 Å². The van der Waals surface area contributed by atoms with Crippen LogP contribution in [0, 0.1) is 0 Å². The second-order valence-corrected chi connectivity index (χ2v) is 6.78. The minimum absolute atomic E-state index is 0.394. The van der Waals surface area contributed by atoms with Crippen molar-refractivity contribution in [3.05, 3.63) is 53.9 Å². The van der Waals surface area contributed by atoms with Gasteiger partial charge in [0.2, 0.25) is 0 Å². The average molecular weight is 308 g/mol. The highest BCUT2D eigenvalue weighted by atomic mass is 35.7. The van der Waals surface area contributed by atoms with E-state index in [-0.39, 0.29) is 0 Å². The third-order valence-electron chi connectivity index (χ3n) is 2.97. The molecule has 0 bridgehead atoms. The Bertz CT molecular complexity index is 869. The summed E-state index contributed by atoms with van der Waals surface area (Å²) in [5.41, 5.74) is 1.04. The Balaban J connectivity index is 2.00. The van der Waals surface area contributed by atoms with Crippen molar-refractivity contribution in [1.29, 1.82) is 0 Å². The summed E-state index contributed by atoms with van der Waals surface area (Å²) in [6, 6.07) is 13.9. The molecule has 102 valence electrons. The van der Waals surface area contributed by atoms with Gasteiger partial charge >= 0.3 is 0 Å². The number of hydrogen-bond donors (Lipinski definition) is 1. The molecule has 7 heteroatoms. The second-order valence-electron chi connectivity index (χ2n) is 4.32. The van der Waals surface area contributed by atoms with Gasteiger partial charge in [0, 0.05) is 17.1 Å². The summed E-state index contributed by atoms with van der Waals surface area (Å²) in [6.45, 7) is 0. The Morgan fingerprint density at radius 2 is 1.85 bits per heavy atom. The van der Waals surface area contributed by atoms with Crippen molar-refractivity contribution in [3.8, 4) is 0 Å². The van der Waals surface area contributed by atoms with E-state index in [1.54, 1.807) is 0 Å². The lowest BCUT2D eigenvalue weighted by molar-refractivity contribution is 0.602. The number of aromatic nitrogens is 3. The summed E-state index contributed by atoms with van der Waals surface area (Å²) in [5.74, 6) is 0.459. The first kappa shape index (κ1) is 13.1. The molecule has 1 aromatic heterocycles. The maximum absolute atomic E-state index is 11.1. The molecule has 0 saturated heterocycles. The standard InChI is InChI=1S/C13H10ClN3O2S/c14-20(18,19)13-15-12(16-17-13)8-10-6-3-5-9-4-1-2-7-11(9)10/h1-7H,8H2,(H,15,16,17). The molecule has 3 rings (SSSR count). The van der Waals surface area contributed by atoms with Crippen LogP contribution in [0.5, 0.6) is 0 Å². The molecule has 0 radical (unpaired) electrons. The minimum Gasteiger partial charge on any atom is -0.262 e. The van der Waals surface area contributed by atoms with Crippen molar-refractivity contribution >= 4 is 30.5 Å². The van der Waals surface area contributed by atoms with E-state index < -0.39 is 14.2 Å². The minimum atomic E-state index is -3.90. The molecule has 0 fully saturated rings. The quantitative estimate of drug-likeness (QED) is 0.754. The number of hydrogen-bond acceptors (Lipinski definition) is 4. The van der Waals surface area contributed by atoms with Gasteiger partial charge in [-0.3, -0.25) is 5.10 Å². The molecule has 0 aliphatic heterocycles. The second kappa shape index (κ2) is 4.88. The molecule has 1 heterocycles. The zero-order chi connectivity index (χ0) is 14.2. The smallest absolute Gasteiger partial charge is 0.262 e. The predicted octanol–water partition coefficient (Wildman–Crippen LogP) is 2.48. The van der Waals surface area contributed by atoms with E-state index >= 15 is 0 Å². The number of halogens is 1. The van der Waals surface area contributed by atoms with Crippen molar-refractivity contribution in [3.63, 3.8) is 0 Å². The van der Waals surface area contributed by atoms with Crippen molar-refractivity contribution in [2.45, 2.75) is 11.6 Å². The van der Waals surface area contributed by atoms with Crippen LogP contribution in [0.3, 0.4) is 0 Å². The molecule has 20 heavy (non-hydrogen) atoms. The van der Waals surface area contributed by atoms with Crippen LogP contribution in [0.1, 0.15) is 11.4 Å². The fourth-order valence-corrected chi connectivity index (χ4v) is 2.67. The van der Waals surface area contributed by atoms with E-state index in [9.17, 15) is 8.42 Å². The lowest BCUT2D eigenvalue weighted by Crippen LogP contribution is -1.95. The van der Waals surface area contributed by atoms with E-state index in [1.807, 2.05) is 42.5 Å². The number of rotatable bonds is 3. The highest BCUT2D eigenvalue weighted by Gasteiger charge is 2.17. The fourth-order valence-electron chi connectivity index (χ4n) is 2.09. The maximum Gasteiger partial charge on any atom is 0.298 e.